The van der Waals surface area contributed by atoms with Gasteiger partial charge in [-0.2, -0.15) is 0 Å². The van der Waals surface area contributed by atoms with Crippen LogP contribution >= 0.6 is 0 Å². The first-order valence-electron chi connectivity index (χ1n) is 8.60. The van der Waals surface area contributed by atoms with Gasteiger partial charge in [-0.1, -0.05) is 35.4 Å². The molecule has 0 radical (unpaired) electrons. The summed E-state index contributed by atoms with van der Waals surface area (Å²) in [5, 5.41) is 7.36. The van der Waals surface area contributed by atoms with E-state index < -0.39 is 19.7 Å². The molecule has 7 nitrogen and oxygen atoms in total. The molecular formula is C20H16N2O5S2. The van der Waals surface area contributed by atoms with Crippen molar-refractivity contribution < 1.29 is 21.5 Å². The zero-order valence-electron chi connectivity index (χ0n) is 15.5. The lowest BCUT2D eigenvalue weighted by Gasteiger charge is -2.08. The van der Waals surface area contributed by atoms with Crippen LogP contribution in [-0.4, -0.2) is 27.1 Å². The molecule has 0 fully saturated rings. The first-order chi connectivity index (χ1) is 13.7. The molecule has 0 atom stereocenters. The van der Waals surface area contributed by atoms with Gasteiger partial charge < -0.3 is 0 Å². The lowest BCUT2D eigenvalue weighted by atomic mass is 10.2. The molecule has 3 aromatic carbocycles. The standard InChI is InChI=1S/C20H16N2O5S2/c1-13-3-7-15(8-4-13)28(23,24)17-11-12-18(20-19(17)21-27-22-20)29(25,26)16-9-5-14(2)6-10-16/h3-12H,1-2H3. The molecule has 0 saturated carbocycles. The van der Waals surface area contributed by atoms with Gasteiger partial charge in [0.25, 0.3) is 0 Å². The SMILES string of the molecule is Cc1ccc(S(=O)(=O)c2ccc(S(=O)(=O)c3ccc(C)cc3)c3nonc23)cc1. The van der Waals surface area contributed by atoms with E-state index in [9.17, 15) is 16.8 Å². The Balaban J connectivity index is 1.91. The van der Waals surface area contributed by atoms with Gasteiger partial charge in [-0.25, -0.2) is 21.5 Å². The monoisotopic (exact) mass is 428 g/mol. The van der Waals surface area contributed by atoms with Crippen molar-refractivity contribution in [2.45, 2.75) is 33.4 Å². The molecular weight excluding hydrogens is 412 g/mol. The summed E-state index contributed by atoms with van der Waals surface area (Å²) in [6.07, 6.45) is 0. The predicted octanol–water partition coefficient (Wildman–Crippen LogP) is 3.51. The second-order valence-corrected chi connectivity index (χ2v) is 10.5. The Morgan fingerprint density at radius 3 is 1.28 bits per heavy atom. The van der Waals surface area contributed by atoms with Gasteiger partial charge in [0.2, 0.25) is 19.7 Å². The van der Waals surface area contributed by atoms with Gasteiger partial charge in [0.1, 0.15) is 9.79 Å². The Morgan fingerprint density at radius 2 is 0.931 bits per heavy atom. The molecule has 1 heterocycles. The van der Waals surface area contributed by atoms with Crippen LogP contribution in [0.4, 0.5) is 0 Å². The quantitative estimate of drug-likeness (QED) is 0.489. The van der Waals surface area contributed by atoms with Crippen LogP contribution in [0.2, 0.25) is 0 Å². The molecule has 148 valence electrons. The number of benzene rings is 3. The third kappa shape index (κ3) is 3.22. The Bertz CT molecular complexity index is 1310. The number of rotatable bonds is 4. The van der Waals surface area contributed by atoms with E-state index in [2.05, 4.69) is 10.3 Å². The Hall–Kier alpha value is -3.04. The normalized spacial score (nSPS) is 12.3. The highest BCUT2D eigenvalue weighted by molar-refractivity contribution is 7.92. The molecule has 0 N–H and O–H groups in total. The minimum atomic E-state index is -3.94. The van der Waals surface area contributed by atoms with E-state index in [1.54, 1.807) is 24.3 Å². The number of hydrogen-bond donors (Lipinski definition) is 0. The number of nitrogens with zero attached hydrogens (tertiary/aromatic N) is 2. The molecule has 29 heavy (non-hydrogen) atoms. The van der Waals surface area contributed by atoms with Crippen LogP contribution in [0, 0.1) is 13.8 Å². The molecule has 4 rings (SSSR count). The van der Waals surface area contributed by atoms with Crippen LogP contribution in [0.15, 0.2) is 84.9 Å². The van der Waals surface area contributed by atoms with E-state index >= 15 is 0 Å². The van der Waals surface area contributed by atoms with Crippen molar-refractivity contribution in [1.29, 1.82) is 0 Å². The summed E-state index contributed by atoms with van der Waals surface area (Å²) < 4.78 is 57.0. The molecule has 0 saturated heterocycles. The van der Waals surface area contributed by atoms with Crippen molar-refractivity contribution in [3.8, 4) is 0 Å². The zero-order chi connectivity index (χ0) is 20.8. The Morgan fingerprint density at radius 1 is 0.586 bits per heavy atom. The minimum absolute atomic E-state index is 0.0709. The van der Waals surface area contributed by atoms with Crippen LogP contribution in [0.1, 0.15) is 11.1 Å². The van der Waals surface area contributed by atoms with E-state index in [1.807, 2.05) is 13.8 Å². The van der Waals surface area contributed by atoms with E-state index in [-0.39, 0.29) is 30.6 Å². The molecule has 4 aromatic rings. The van der Waals surface area contributed by atoms with Gasteiger partial charge in [0.15, 0.2) is 11.0 Å². The van der Waals surface area contributed by atoms with Crippen molar-refractivity contribution in [2.24, 2.45) is 0 Å². The van der Waals surface area contributed by atoms with Gasteiger partial charge in [0.05, 0.1) is 9.79 Å². The van der Waals surface area contributed by atoms with Crippen LogP contribution in [-0.2, 0) is 19.7 Å². The van der Waals surface area contributed by atoms with Crippen LogP contribution < -0.4 is 0 Å². The number of fused-ring (bicyclic) bond motifs is 1. The molecule has 1 aromatic heterocycles. The van der Waals surface area contributed by atoms with Crippen LogP contribution in [0.5, 0.6) is 0 Å². The summed E-state index contributed by atoms with van der Waals surface area (Å²) >= 11 is 0. The smallest absolute Gasteiger partial charge is 0.208 e. The maximum absolute atomic E-state index is 13.1. The lowest BCUT2D eigenvalue weighted by molar-refractivity contribution is 0.314. The largest absolute Gasteiger partial charge is 0.243 e. The third-order valence-electron chi connectivity index (χ3n) is 4.58. The second-order valence-electron chi connectivity index (χ2n) is 6.66. The Labute approximate surface area is 167 Å². The maximum Gasteiger partial charge on any atom is 0.208 e. The van der Waals surface area contributed by atoms with Gasteiger partial charge in [-0.05, 0) is 60.6 Å². The molecule has 0 spiro atoms. The van der Waals surface area contributed by atoms with E-state index in [0.29, 0.717) is 0 Å². The first kappa shape index (κ1) is 19.3. The summed E-state index contributed by atoms with van der Waals surface area (Å²) in [4.78, 5) is -0.191. The number of aromatic nitrogens is 2. The first-order valence-corrected chi connectivity index (χ1v) is 11.6. The average molecular weight is 428 g/mol. The fourth-order valence-corrected chi connectivity index (χ4v) is 5.71. The fraction of sp³-hybridized carbons (Fsp3) is 0.100. The summed E-state index contributed by atoms with van der Waals surface area (Å²) in [5.74, 6) is 0. The number of aryl methyl sites for hydroxylation is 2. The van der Waals surface area contributed by atoms with E-state index in [0.717, 1.165) is 11.1 Å². The maximum atomic E-state index is 13.1. The molecule has 9 heteroatoms. The van der Waals surface area contributed by atoms with Crippen molar-refractivity contribution in [2.75, 3.05) is 0 Å². The molecule has 0 bridgehead atoms. The third-order valence-corrected chi connectivity index (χ3v) is 8.19. The van der Waals surface area contributed by atoms with E-state index in [1.165, 1.54) is 36.4 Å². The van der Waals surface area contributed by atoms with Crippen molar-refractivity contribution in [1.82, 2.24) is 10.3 Å². The molecule has 0 unspecified atom stereocenters. The number of hydrogen-bond acceptors (Lipinski definition) is 7. The van der Waals surface area contributed by atoms with Gasteiger partial charge in [-0.15, -0.1) is 0 Å². The van der Waals surface area contributed by atoms with Gasteiger partial charge in [0, 0.05) is 0 Å². The van der Waals surface area contributed by atoms with Crippen LogP contribution in [0.25, 0.3) is 11.0 Å². The van der Waals surface area contributed by atoms with Gasteiger partial charge in [-0.3, -0.25) is 0 Å². The number of sulfone groups is 2. The van der Waals surface area contributed by atoms with E-state index in [4.69, 9.17) is 4.63 Å². The molecule has 0 aliphatic heterocycles. The summed E-state index contributed by atoms with van der Waals surface area (Å²) in [6, 6.07) is 15.1. The van der Waals surface area contributed by atoms with Crippen molar-refractivity contribution in [3.05, 3.63) is 71.8 Å². The average Bonchev–Trinajstić information content (AvgIpc) is 3.17. The topological polar surface area (TPSA) is 107 Å². The predicted molar refractivity (Wildman–Crippen MR) is 105 cm³/mol. The highest BCUT2D eigenvalue weighted by Crippen LogP contribution is 2.33. The summed E-state index contributed by atoms with van der Waals surface area (Å²) in [7, 11) is -7.88. The zero-order valence-corrected chi connectivity index (χ0v) is 17.2. The summed E-state index contributed by atoms with van der Waals surface area (Å²) in [5.41, 5.74) is 1.58. The van der Waals surface area contributed by atoms with Crippen LogP contribution in [0.3, 0.4) is 0 Å². The summed E-state index contributed by atoms with van der Waals surface area (Å²) in [6.45, 7) is 3.70. The lowest BCUT2D eigenvalue weighted by Crippen LogP contribution is -2.07. The van der Waals surface area contributed by atoms with Crippen molar-refractivity contribution >= 4 is 30.7 Å². The molecule has 0 aliphatic carbocycles. The van der Waals surface area contributed by atoms with Crippen molar-refractivity contribution in [3.63, 3.8) is 0 Å². The minimum Gasteiger partial charge on any atom is -0.243 e. The highest BCUT2D eigenvalue weighted by Gasteiger charge is 2.29. The fourth-order valence-electron chi connectivity index (χ4n) is 2.94. The van der Waals surface area contributed by atoms with Gasteiger partial charge >= 0.3 is 0 Å². The molecule has 0 amide bonds. The molecule has 0 aliphatic rings. The highest BCUT2D eigenvalue weighted by atomic mass is 32.2. The second kappa shape index (κ2) is 6.78. The Kier molecular flexibility index (Phi) is 4.51.